The average Bonchev–Trinajstić information content (AvgIpc) is 2.14. The molecule has 1 aliphatic heterocycles. The van der Waals surface area contributed by atoms with Gasteiger partial charge in [0.1, 0.15) is 20.1 Å². The van der Waals surface area contributed by atoms with E-state index in [1.165, 1.54) is 0 Å². The topological polar surface area (TPSA) is 49.7 Å². The van der Waals surface area contributed by atoms with Crippen LogP contribution in [-0.2, 0) is 4.74 Å². The van der Waals surface area contributed by atoms with Crippen LogP contribution >= 0.6 is 11.6 Å². The summed E-state index contributed by atoms with van der Waals surface area (Å²) in [6.45, 7) is 1.32. The van der Waals surface area contributed by atoms with Crippen LogP contribution in [0.1, 0.15) is 6.92 Å². The van der Waals surface area contributed by atoms with Crippen molar-refractivity contribution in [2.45, 2.75) is 30.0 Å². The van der Waals surface area contributed by atoms with Gasteiger partial charge in [-0.1, -0.05) is 0 Å². The summed E-state index contributed by atoms with van der Waals surface area (Å²) >= 11 is 5.83. The highest BCUT2D eigenvalue weighted by molar-refractivity contribution is 6.30. The summed E-state index contributed by atoms with van der Waals surface area (Å²) in [5.74, 6) is 0. The van der Waals surface area contributed by atoms with Crippen molar-refractivity contribution < 1.29 is 14.9 Å². The Labute approximate surface area is 71.7 Å². The van der Waals surface area contributed by atoms with Crippen molar-refractivity contribution in [3.8, 4) is 0 Å². The number of hydrogen-bond acceptors (Lipinski definition) is 3. The van der Waals surface area contributed by atoms with Gasteiger partial charge in [0.2, 0.25) is 0 Å². The molecule has 5 heteroatoms. The Bertz CT molecular complexity index is 153. The molecule has 4 unspecified atom stereocenters. The highest BCUT2D eigenvalue weighted by atomic mass is 35.5. The lowest BCUT2D eigenvalue weighted by Gasteiger charge is -2.22. The quantitative estimate of drug-likeness (QED) is 0.407. The molecule has 62 valence electrons. The molecule has 3 nitrogen and oxygen atoms in total. The molecule has 0 saturated carbocycles. The van der Waals surface area contributed by atoms with E-state index in [1.54, 1.807) is 6.92 Å². The van der Waals surface area contributed by atoms with Crippen molar-refractivity contribution in [3.05, 3.63) is 0 Å². The molecule has 1 aliphatic rings. The minimum absolute atomic E-state index is 0.267. The van der Waals surface area contributed by atoms with Crippen LogP contribution in [0.3, 0.4) is 0 Å². The third kappa shape index (κ3) is 1.40. The molecule has 0 spiro atoms. The molecule has 1 rings (SSSR count). The van der Waals surface area contributed by atoms with Gasteiger partial charge in [-0.25, -0.2) is 0 Å². The predicted molar refractivity (Wildman–Crippen MR) is 41.8 cm³/mol. The standard InChI is InChI=1S/C6H10BClO3/c1-6(8)4(10)3(2-9)11-5(6)7/h3-5,9-10H,2H2,1H3. The number of hydrogen-bond donors (Lipinski definition) is 2. The number of halogens is 1. The first-order valence-electron chi connectivity index (χ1n) is 3.39. The molecular formula is C6H10BClO3. The number of aliphatic hydroxyl groups is 2. The highest BCUT2D eigenvalue weighted by Gasteiger charge is 2.48. The van der Waals surface area contributed by atoms with Crippen LogP contribution in [0.4, 0.5) is 0 Å². The van der Waals surface area contributed by atoms with E-state index < -0.39 is 23.1 Å². The summed E-state index contributed by atoms with van der Waals surface area (Å²) in [5.41, 5.74) is 0. The maximum atomic E-state index is 9.39. The van der Waals surface area contributed by atoms with Gasteiger partial charge in [0.25, 0.3) is 0 Å². The van der Waals surface area contributed by atoms with Crippen LogP contribution in [0.15, 0.2) is 0 Å². The fraction of sp³-hybridized carbons (Fsp3) is 1.00. The zero-order valence-corrected chi connectivity index (χ0v) is 6.95. The molecule has 0 bridgehead atoms. The number of alkyl halides is 1. The number of ether oxygens (including phenoxy) is 1. The molecule has 11 heavy (non-hydrogen) atoms. The van der Waals surface area contributed by atoms with Gasteiger partial charge < -0.3 is 14.9 Å². The minimum Gasteiger partial charge on any atom is -0.394 e. The van der Waals surface area contributed by atoms with E-state index in [1.807, 2.05) is 0 Å². The Balaban J connectivity index is 2.71. The van der Waals surface area contributed by atoms with Crippen molar-refractivity contribution in [1.29, 1.82) is 0 Å². The Kier molecular flexibility index (Phi) is 2.49. The molecular weight excluding hydrogens is 166 g/mol. The lowest BCUT2D eigenvalue weighted by Crippen LogP contribution is -2.40. The second kappa shape index (κ2) is 2.94. The van der Waals surface area contributed by atoms with Crippen LogP contribution in [-0.4, -0.2) is 47.8 Å². The summed E-state index contributed by atoms with van der Waals surface area (Å²) in [7, 11) is 5.44. The van der Waals surface area contributed by atoms with Gasteiger partial charge in [-0.05, 0) is 6.92 Å². The predicted octanol–water partition coefficient (Wildman–Crippen LogP) is -0.770. The summed E-state index contributed by atoms with van der Waals surface area (Å²) in [6, 6.07) is -0.726. The third-order valence-corrected chi connectivity index (χ3v) is 2.43. The molecule has 4 atom stereocenters. The van der Waals surface area contributed by atoms with Crippen LogP contribution in [0.2, 0.25) is 0 Å². The maximum Gasteiger partial charge on any atom is 0.111 e. The second-order valence-electron chi connectivity index (χ2n) is 2.87. The highest BCUT2D eigenvalue weighted by Crippen LogP contribution is 2.34. The fourth-order valence-electron chi connectivity index (χ4n) is 1.07. The first-order valence-corrected chi connectivity index (χ1v) is 3.77. The molecule has 1 saturated heterocycles. The average molecular weight is 176 g/mol. The number of rotatable bonds is 1. The first kappa shape index (κ1) is 9.32. The van der Waals surface area contributed by atoms with Crippen LogP contribution in [0, 0.1) is 0 Å². The normalized spacial score (nSPS) is 51.5. The molecule has 0 aliphatic carbocycles. The van der Waals surface area contributed by atoms with Gasteiger partial charge in [-0.3, -0.25) is 0 Å². The molecule has 2 N–H and O–H groups in total. The van der Waals surface area contributed by atoms with E-state index in [0.29, 0.717) is 0 Å². The van der Waals surface area contributed by atoms with Gasteiger partial charge in [0.05, 0.1) is 11.5 Å². The maximum absolute atomic E-state index is 9.39. The molecule has 0 aromatic carbocycles. The molecule has 0 aromatic heterocycles. The third-order valence-electron chi connectivity index (χ3n) is 1.99. The second-order valence-corrected chi connectivity index (χ2v) is 3.69. The van der Waals surface area contributed by atoms with Gasteiger partial charge in [0.15, 0.2) is 0 Å². The zero-order chi connectivity index (χ0) is 8.65. The Morgan fingerprint density at radius 3 is 2.45 bits per heavy atom. The van der Waals surface area contributed by atoms with Gasteiger partial charge >= 0.3 is 0 Å². The minimum atomic E-state index is -0.993. The van der Waals surface area contributed by atoms with Crippen molar-refractivity contribution >= 4 is 19.4 Å². The molecule has 0 aromatic rings. The van der Waals surface area contributed by atoms with Crippen LogP contribution in [0.25, 0.3) is 0 Å². The summed E-state index contributed by atoms with van der Waals surface area (Å²) in [6.07, 6.45) is -1.57. The molecule has 1 fully saturated rings. The molecule has 2 radical (unpaired) electrons. The van der Waals surface area contributed by atoms with E-state index in [2.05, 4.69) is 0 Å². The lowest BCUT2D eigenvalue weighted by molar-refractivity contribution is -0.00460. The van der Waals surface area contributed by atoms with E-state index in [9.17, 15) is 5.11 Å². The Hall–Kier alpha value is 0.235. The van der Waals surface area contributed by atoms with E-state index in [4.69, 9.17) is 29.3 Å². The first-order chi connectivity index (χ1) is 5.00. The fourth-order valence-corrected chi connectivity index (χ4v) is 1.26. The van der Waals surface area contributed by atoms with Crippen molar-refractivity contribution in [2.24, 2.45) is 0 Å². The zero-order valence-electron chi connectivity index (χ0n) is 6.20. The van der Waals surface area contributed by atoms with E-state index in [-0.39, 0.29) is 6.61 Å². The monoisotopic (exact) mass is 176 g/mol. The van der Waals surface area contributed by atoms with Gasteiger partial charge in [-0.15, -0.1) is 11.6 Å². The Morgan fingerprint density at radius 1 is 1.73 bits per heavy atom. The van der Waals surface area contributed by atoms with Crippen molar-refractivity contribution in [1.82, 2.24) is 0 Å². The van der Waals surface area contributed by atoms with Crippen molar-refractivity contribution in [3.63, 3.8) is 0 Å². The smallest absolute Gasteiger partial charge is 0.111 e. The summed E-state index contributed by atoms with van der Waals surface area (Å²) in [4.78, 5) is -0.993. The van der Waals surface area contributed by atoms with Crippen LogP contribution in [0.5, 0.6) is 0 Å². The van der Waals surface area contributed by atoms with Crippen LogP contribution < -0.4 is 0 Å². The number of aliphatic hydroxyl groups excluding tert-OH is 2. The summed E-state index contributed by atoms with van der Waals surface area (Å²) in [5, 5.41) is 18.1. The molecule has 1 heterocycles. The SMILES string of the molecule is [B]C1OC(CO)C(O)C1(C)Cl. The van der Waals surface area contributed by atoms with Gasteiger partial charge in [-0.2, -0.15) is 0 Å². The molecule has 0 amide bonds. The lowest BCUT2D eigenvalue weighted by atomic mass is 9.85. The van der Waals surface area contributed by atoms with Gasteiger partial charge in [0, 0.05) is 6.00 Å². The van der Waals surface area contributed by atoms with Crippen molar-refractivity contribution in [2.75, 3.05) is 6.61 Å². The van der Waals surface area contributed by atoms with E-state index in [0.717, 1.165) is 0 Å². The van der Waals surface area contributed by atoms with E-state index >= 15 is 0 Å². The largest absolute Gasteiger partial charge is 0.394 e. The Morgan fingerprint density at radius 2 is 2.27 bits per heavy atom. The summed E-state index contributed by atoms with van der Waals surface area (Å²) < 4.78 is 4.98.